The molecule has 1 atom stereocenters. The minimum Gasteiger partial charge on any atom is -0.479 e. The molecule has 0 saturated carbocycles. The van der Waals surface area contributed by atoms with Crippen LogP contribution in [-0.2, 0) is 9.53 Å². The summed E-state index contributed by atoms with van der Waals surface area (Å²) in [4.78, 5) is 24.1. The van der Waals surface area contributed by atoms with Crippen molar-refractivity contribution < 1.29 is 14.6 Å². The van der Waals surface area contributed by atoms with Crippen molar-refractivity contribution in [2.24, 2.45) is 11.3 Å². The average molecular weight is 480 g/mol. The quantitative estimate of drug-likeness (QED) is 0.477. The third-order valence-corrected chi connectivity index (χ3v) is 6.43. The van der Waals surface area contributed by atoms with Crippen molar-refractivity contribution >= 4 is 17.7 Å². The van der Waals surface area contributed by atoms with Crippen molar-refractivity contribution in [2.45, 2.75) is 79.9 Å². The van der Waals surface area contributed by atoms with E-state index in [1.807, 2.05) is 58.3 Å². The number of carboxylic acid groups (broad SMARTS) is 1. The van der Waals surface area contributed by atoms with Gasteiger partial charge in [-0.05, 0) is 64.0 Å². The summed E-state index contributed by atoms with van der Waals surface area (Å²) in [5.74, 6) is -0.557. The summed E-state index contributed by atoms with van der Waals surface area (Å²) in [5, 5.41) is 10.2. The van der Waals surface area contributed by atoms with Gasteiger partial charge < -0.3 is 14.7 Å². The van der Waals surface area contributed by atoms with Crippen LogP contribution in [0.4, 0.5) is 5.69 Å². The highest BCUT2D eigenvalue weighted by Gasteiger charge is 2.35. The molecule has 2 aromatic rings. The number of aliphatic carboxylic acids is 1. The first kappa shape index (κ1) is 26.9. The molecule has 1 N–H and O–H groups in total. The van der Waals surface area contributed by atoms with E-state index in [1.54, 1.807) is 0 Å². The number of hydrogen-bond donors (Lipinski definition) is 1. The topological polar surface area (TPSA) is 75.5 Å². The number of allylic oxidation sites excluding steroid dienone is 1. The number of aryl methyl sites for hydroxylation is 1. The van der Waals surface area contributed by atoms with Gasteiger partial charge in [-0.15, -0.1) is 0 Å². The number of hydrogen-bond acceptors (Lipinski definition) is 5. The average Bonchev–Trinajstić information content (AvgIpc) is 2.76. The van der Waals surface area contributed by atoms with Crippen LogP contribution in [0.15, 0.2) is 30.6 Å². The molecule has 0 spiro atoms. The summed E-state index contributed by atoms with van der Waals surface area (Å²) < 4.78 is 6.11. The second-order valence-corrected chi connectivity index (χ2v) is 11.7. The zero-order chi connectivity index (χ0) is 26.0. The third kappa shape index (κ3) is 6.91. The summed E-state index contributed by atoms with van der Waals surface area (Å²) >= 11 is 0. The first-order chi connectivity index (χ1) is 16.3. The molecule has 190 valence electrons. The molecule has 3 rings (SSSR count). The summed E-state index contributed by atoms with van der Waals surface area (Å²) in [5.41, 5.74) is 4.54. The van der Waals surface area contributed by atoms with Gasteiger partial charge in [-0.1, -0.05) is 39.8 Å². The van der Waals surface area contributed by atoms with Gasteiger partial charge in [-0.3, -0.25) is 9.97 Å². The van der Waals surface area contributed by atoms with Crippen LogP contribution in [0.25, 0.3) is 17.2 Å². The zero-order valence-corrected chi connectivity index (χ0v) is 22.6. The predicted molar refractivity (Wildman–Crippen MR) is 143 cm³/mol. The fraction of sp³-hybridized carbons (Fsp3) is 0.552. The Morgan fingerprint density at radius 3 is 2.31 bits per heavy atom. The lowest BCUT2D eigenvalue weighted by atomic mass is 9.82. The number of carbonyl (C=O) groups is 1. The normalized spacial score (nSPS) is 17.2. The highest BCUT2D eigenvalue weighted by Crippen LogP contribution is 2.43. The molecule has 0 amide bonds. The first-order valence-electron chi connectivity index (χ1n) is 12.6. The van der Waals surface area contributed by atoms with E-state index in [0.717, 1.165) is 48.4 Å². The number of carboxylic acids is 1. The van der Waals surface area contributed by atoms with E-state index in [9.17, 15) is 9.90 Å². The second kappa shape index (κ2) is 10.5. The Morgan fingerprint density at radius 1 is 1.14 bits per heavy atom. The lowest BCUT2D eigenvalue weighted by Gasteiger charge is -2.40. The van der Waals surface area contributed by atoms with E-state index < -0.39 is 17.7 Å². The minimum absolute atomic E-state index is 0.263. The molecule has 0 aliphatic carbocycles. The van der Waals surface area contributed by atoms with E-state index in [1.165, 1.54) is 0 Å². The molecule has 6 heteroatoms. The van der Waals surface area contributed by atoms with Crippen LogP contribution in [-0.4, -0.2) is 39.7 Å². The van der Waals surface area contributed by atoms with Gasteiger partial charge in [0.2, 0.25) is 0 Å². The molecule has 1 fully saturated rings. The predicted octanol–water partition coefficient (Wildman–Crippen LogP) is 6.69. The van der Waals surface area contributed by atoms with Gasteiger partial charge in [0, 0.05) is 47.9 Å². The van der Waals surface area contributed by atoms with Crippen molar-refractivity contribution in [1.82, 2.24) is 9.97 Å². The highest BCUT2D eigenvalue weighted by atomic mass is 16.5. The Hall–Kier alpha value is -2.73. The summed E-state index contributed by atoms with van der Waals surface area (Å²) in [6.45, 7) is 18.1. The van der Waals surface area contributed by atoms with Crippen LogP contribution < -0.4 is 4.90 Å². The van der Waals surface area contributed by atoms with Crippen molar-refractivity contribution in [3.05, 3.63) is 47.6 Å². The maximum atomic E-state index is 12.5. The standard InChI is InChI=1S/C29H41N3O3/c1-19(2)9-11-22-12-10-21(17-31-22)23-18-30-20(3)24(26(27(33)34)35-28(4,5)6)25(23)32-15-13-29(7,8)14-16-32/h9-12,17-19,26H,13-16H2,1-8H3,(H,33,34). The van der Waals surface area contributed by atoms with Crippen molar-refractivity contribution in [1.29, 1.82) is 0 Å². The van der Waals surface area contributed by atoms with Crippen LogP contribution in [0.2, 0.25) is 0 Å². The van der Waals surface area contributed by atoms with Crippen LogP contribution in [0.5, 0.6) is 0 Å². The van der Waals surface area contributed by atoms with Crippen LogP contribution in [0.3, 0.4) is 0 Å². The van der Waals surface area contributed by atoms with Crippen molar-refractivity contribution in [3.8, 4) is 11.1 Å². The maximum absolute atomic E-state index is 12.5. The highest BCUT2D eigenvalue weighted by molar-refractivity contribution is 5.86. The molecule has 0 bridgehead atoms. The summed E-state index contributed by atoms with van der Waals surface area (Å²) in [6.07, 6.45) is 8.80. The molecule has 35 heavy (non-hydrogen) atoms. The number of pyridine rings is 2. The molecule has 1 aliphatic rings. The first-order valence-corrected chi connectivity index (χ1v) is 12.6. The Bertz CT molecular complexity index is 1060. The van der Waals surface area contributed by atoms with E-state index in [0.29, 0.717) is 17.2 Å². The minimum atomic E-state index is -1.12. The smallest absolute Gasteiger partial charge is 0.337 e. The molecule has 6 nitrogen and oxygen atoms in total. The SMILES string of the molecule is Cc1ncc(-c2ccc(C=CC(C)C)nc2)c(N2CCC(C)(C)CC2)c1C(OC(C)(C)C)C(=O)O. The van der Waals surface area contributed by atoms with E-state index in [4.69, 9.17) is 4.74 Å². The fourth-order valence-electron chi connectivity index (χ4n) is 4.35. The Kier molecular flexibility index (Phi) is 8.05. The van der Waals surface area contributed by atoms with E-state index >= 15 is 0 Å². The number of rotatable bonds is 7. The molecular weight excluding hydrogens is 438 g/mol. The van der Waals surface area contributed by atoms with Gasteiger partial charge in [-0.2, -0.15) is 0 Å². The maximum Gasteiger partial charge on any atom is 0.337 e. The Balaban J connectivity index is 2.17. The molecule has 0 aromatic carbocycles. The molecular formula is C29H41N3O3. The monoisotopic (exact) mass is 479 g/mol. The molecule has 2 aromatic heterocycles. The van der Waals surface area contributed by atoms with Gasteiger partial charge in [0.15, 0.2) is 6.10 Å². The summed E-state index contributed by atoms with van der Waals surface area (Å²) in [7, 11) is 0. The number of aromatic nitrogens is 2. The third-order valence-electron chi connectivity index (χ3n) is 6.43. The van der Waals surface area contributed by atoms with Crippen molar-refractivity contribution in [2.75, 3.05) is 18.0 Å². The fourth-order valence-corrected chi connectivity index (χ4v) is 4.35. The lowest BCUT2D eigenvalue weighted by molar-refractivity contribution is -0.160. The van der Waals surface area contributed by atoms with Gasteiger partial charge in [0.1, 0.15) is 0 Å². The second-order valence-electron chi connectivity index (χ2n) is 11.7. The number of piperidine rings is 1. The largest absolute Gasteiger partial charge is 0.479 e. The molecule has 0 radical (unpaired) electrons. The van der Waals surface area contributed by atoms with Crippen LogP contribution >= 0.6 is 0 Å². The Labute approximate surface area is 210 Å². The zero-order valence-electron chi connectivity index (χ0n) is 22.6. The van der Waals surface area contributed by atoms with E-state index in [2.05, 4.69) is 48.6 Å². The molecule has 1 unspecified atom stereocenters. The van der Waals surface area contributed by atoms with E-state index in [-0.39, 0.29) is 5.41 Å². The van der Waals surface area contributed by atoms with Crippen molar-refractivity contribution in [3.63, 3.8) is 0 Å². The number of nitrogens with zero attached hydrogens (tertiary/aromatic N) is 3. The van der Waals surface area contributed by atoms with Gasteiger partial charge >= 0.3 is 5.97 Å². The van der Waals surface area contributed by atoms with Gasteiger partial charge in [-0.25, -0.2) is 4.79 Å². The molecule has 1 aliphatic heterocycles. The van der Waals surface area contributed by atoms with Crippen LogP contribution in [0.1, 0.15) is 84.4 Å². The number of anilines is 1. The number of ether oxygens (including phenoxy) is 1. The molecule has 3 heterocycles. The lowest BCUT2D eigenvalue weighted by Crippen LogP contribution is -2.39. The molecule has 1 saturated heterocycles. The summed E-state index contributed by atoms with van der Waals surface area (Å²) in [6, 6.07) is 4.04. The van der Waals surface area contributed by atoms with Gasteiger partial charge in [0.25, 0.3) is 0 Å². The van der Waals surface area contributed by atoms with Crippen LogP contribution in [0, 0.1) is 18.3 Å². The van der Waals surface area contributed by atoms with Gasteiger partial charge in [0.05, 0.1) is 17.0 Å². The Morgan fingerprint density at radius 2 is 1.80 bits per heavy atom.